The van der Waals surface area contributed by atoms with Crippen LogP contribution in [0.5, 0.6) is 17.2 Å². The van der Waals surface area contributed by atoms with Gasteiger partial charge in [0, 0.05) is 31.1 Å². The molecule has 1 atom stereocenters. The van der Waals surface area contributed by atoms with Crippen LogP contribution in [0.3, 0.4) is 0 Å². The van der Waals surface area contributed by atoms with Crippen molar-refractivity contribution in [1.82, 2.24) is 5.32 Å². The number of fused-ring (bicyclic) bond motifs is 1. The van der Waals surface area contributed by atoms with Gasteiger partial charge in [-0.15, -0.1) is 0 Å². The first kappa shape index (κ1) is 12.8. The molecule has 3 rings (SSSR count). The highest BCUT2D eigenvalue weighted by molar-refractivity contribution is 5.39. The predicted molar refractivity (Wildman–Crippen MR) is 76.0 cm³/mol. The van der Waals surface area contributed by atoms with Gasteiger partial charge in [0.1, 0.15) is 23.4 Å². The van der Waals surface area contributed by atoms with Crippen LogP contribution in [0.1, 0.15) is 11.1 Å². The molecule has 20 heavy (non-hydrogen) atoms. The third-order valence-corrected chi connectivity index (χ3v) is 3.47. The smallest absolute Gasteiger partial charge is 0.123 e. The van der Waals surface area contributed by atoms with Crippen LogP contribution >= 0.6 is 0 Å². The van der Waals surface area contributed by atoms with Gasteiger partial charge in [-0.1, -0.05) is 24.3 Å². The third-order valence-electron chi connectivity index (χ3n) is 3.47. The summed E-state index contributed by atoms with van der Waals surface area (Å²) in [5.41, 5.74) is 2.00. The maximum atomic E-state index is 9.69. The number of rotatable bonds is 4. The van der Waals surface area contributed by atoms with Gasteiger partial charge in [-0.2, -0.15) is 0 Å². The van der Waals surface area contributed by atoms with Crippen LogP contribution in [0.4, 0.5) is 0 Å². The van der Waals surface area contributed by atoms with Crippen molar-refractivity contribution in [2.75, 3.05) is 6.54 Å². The molecule has 0 aliphatic carbocycles. The van der Waals surface area contributed by atoms with Crippen molar-refractivity contribution in [3.63, 3.8) is 0 Å². The van der Waals surface area contributed by atoms with Gasteiger partial charge in [-0.3, -0.25) is 0 Å². The number of hydrogen-bond acceptors (Lipinski definition) is 4. The summed E-state index contributed by atoms with van der Waals surface area (Å²) in [4.78, 5) is 0. The fourth-order valence-electron chi connectivity index (χ4n) is 2.44. The average molecular weight is 271 g/mol. The maximum absolute atomic E-state index is 9.69. The van der Waals surface area contributed by atoms with Crippen molar-refractivity contribution < 1.29 is 14.9 Å². The minimum Gasteiger partial charge on any atom is -0.508 e. The van der Waals surface area contributed by atoms with E-state index in [1.54, 1.807) is 12.1 Å². The first-order chi connectivity index (χ1) is 9.72. The second kappa shape index (κ2) is 5.43. The Kier molecular flexibility index (Phi) is 3.48. The van der Waals surface area contributed by atoms with E-state index in [-0.39, 0.29) is 17.6 Å². The van der Waals surface area contributed by atoms with Crippen LogP contribution in [0, 0.1) is 0 Å². The van der Waals surface area contributed by atoms with Crippen LogP contribution in [-0.4, -0.2) is 22.9 Å². The molecule has 4 heteroatoms. The lowest BCUT2D eigenvalue weighted by Crippen LogP contribution is -2.29. The lowest BCUT2D eigenvalue weighted by molar-refractivity contribution is 0.227. The highest BCUT2D eigenvalue weighted by Gasteiger charge is 2.21. The molecule has 3 N–H and O–H groups in total. The molecule has 0 bridgehead atoms. The fourth-order valence-corrected chi connectivity index (χ4v) is 2.44. The minimum absolute atomic E-state index is 0.0702. The zero-order valence-electron chi connectivity index (χ0n) is 11.0. The quantitative estimate of drug-likeness (QED) is 0.797. The molecule has 1 heterocycles. The monoisotopic (exact) mass is 271 g/mol. The van der Waals surface area contributed by atoms with Crippen molar-refractivity contribution in [2.45, 2.75) is 19.1 Å². The normalized spacial score (nSPS) is 16.7. The molecule has 1 aliphatic rings. The van der Waals surface area contributed by atoms with Crippen LogP contribution in [0.25, 0.3) is 0 Å². The van der Waals surface area contributed by atoms with E-state index in [0.29, 0.717) is 6.54 Å². The Morgan fingerprint density at radius 1 is 1.15 bits per heavy atom. The molecule has 1 unspecified atom stereocenters. The van der Waals surface area contributed by atoms with Gasteiger partial charge in [-0.25, -0.2) is 0 Å². The Bertz CT molecular complexity index is 587. The summed E-state index contributed by atoms with van der Waals surface area (Å²) < 4.78 is 5.83. The number of aromatic hydroxyl groups is 2. The summed E-state index contributed by atoms with van der Waals surface area (Å²) in [5, 5.41) is 22.2. The molecule has 0 fully saturated rings. The molecule has 2 aromatic rings. The fraction of sp³-hybridized carbons (Fsp3) is 0.250. The summed E-state index contributed by atoms with van der Waals surface area (Å²) in [6, 6.07) is 12.7. The molecule has 0 spiro atoms. The molecule has 0 aromatic heterocycles. The van der Waals surface area contributed by atoms with Crippen LogP contribution in [-0.2, 0) is 13.0 Å². The minimum atomic E-state index is 0.0702. The molecule has 0 radical (unpaired) electrons. The summed E-state index contributed by atoms with van der Waals surface area (Å²) in [5.74, 6) is 1.14. The van der Waals surface area contributed by atoms with E-state index in [0.717, 1.165) is 24.3 Å². The Balaban J connectivity index is 1.52. The van der Waals surface area contributed by atoms with Crippen LogP contribution in [0.15, 0.2) is 42.5 Å². The van der Waals surface area contributed by atoms with Crippen molar-refractivity contribution in [1.29, 1.82) is 0 Å². The van der Waals surface area contributed by atoms with Crippen molar-refractivity contribution >= 4 is 0 Å². The van der Waals surface area contributed by atoms with Gasteiger partial charge in [0.15, 0.2) is 0 Å². The van der Waals surface area contributed by atoms with Crippen molar-refractivity contribution in [3.05, 3.63) is 53.6 Å². The van der Waals surface area contributed by atoms with Gasteiger partial charge in [0.05, 0.1) is 0 Å². The van der Waals surface area contributed by atoms with E-state index in [2.05, 4.69) is 11.4 Å². The largest absolute Gasteiger partial charge is 0.508 e. The number of para-hydroxylation sites is 1. The highest BCUT2D eigenvalue weighted by atomic mass is 16.5. The topological polar surface area (TPSA) is 61.7 Å². The average Bonchev–Trinajstić information content (AvgIpc) is 2.84. The lowest BCUT2D eigenvalue weighted by atomic mass is 10.1. The zero-order chi connectivity index (χ0) is 13.9. The number of phenolic OH excluding ortho intramolecular Hbond substituents is 2. The molecule has 0 amide bonds. The summed E-state index contributed by atoms with van der Waals surface area (Å²) >= 11 is 0. The van der Waals surface area contributed by atoms with E-state index >= 15 is 0 Å². The summed E-state index contributed by atoms with van der Waals surface area (Å²) in [6.45, 7) is 1.26. The summed E-state index contributed by atoms with van der Waals surface area (Å²) in [7, 11) is 0. The molecule has 1 aliphatic heterocycles. The lowest BCUT2D eigenvalue weighted by Gasteiger charge is -2.12. The molecular formula is C16H17NO3. The number of phenols is 2. The van der Waals surface area contributed by atoms with Gasteiger partial charge in [0.25, 0.3) is 0 Å². The standard InChI is InChI=1S/C16H17NO3/c18-13-6-5-12(15(19)8-13)9-17-10-14-7-11-3-1-2-4-16(11)20-14/h1-6,8,14,17-19H,7,9-10H2. The molecule has 0 saturated heterocycles. The van der Waals surface area contributed by atoms with E-state index < -0.39 is 0 Å². The number of ether oxygens (including phenoxy) is 1. The molecule has 104 valence electrons. The molecule has 0 saturated carbocycles. The third kappa shape index (κ3) is 2.70. The highest BCUT2D eigenvalue weighted by Crippen LogP contribution is 2.28. The van der Waals surface area contributed by atoms with E-state index in [1.807, 2.05) is 18.2 Å². The van der Waals surface area contributed by atoms with Crippen LogP contribution in [0.2, 0.25) is 0 Å². The Labute approximate surface area is 117 Å². The van der Waals surface area contributed by atoms with Gasteiger partial charge in [0.2, 0.25) is 0 Å². The van der Waals surface area contributed by atoms with E-state index in [9.17, 15) is 10.2 Å². The maximum Gasteiger partial charge on any atom is 0.123 e. The Morgan fingerprint density at radius 2 is 2.00 bits per heavy atom. The van der Waals surface area contributed by atoms with E-state index in [1.165, 1.54) is 11.6 Å². The first-order valence-electron chi connectivity index (χ1n) is 6.68. The number of hydrogen-bond donors (Lipinski definition) is 3. The van der Waals surface area contributed by atoms with Crippen molar-refractivity contribution in [2.24, 2.45) is 0 Å². The molecular weight excluding hydrogens is 254 g/mol. The SMILES string of the molecule is Oc1ccc(CNCC2Cc3ccccc3O2)c(O)c1. The molecule has 2 aromatic carbocycles. The van der Waals surface area contributed by atoms with Gasteiger partial charge < -0.3 is 20.3 Å². The van der Waals surface area contributed by atoms with Crippen molar-refractivity contribution in [3.8, 4) is 17.2 Å². The number of nitrogens with one attached hydrogen (secondary N) is 1. The van der Waals surface area contributed by atoms with Gasteiger partial charge >= 0.3 is 0 Å². The number of benzene rings is 2. The van der Waals surface area contributed by atoms with E-state index in [4.69, 9.17) is 4.74 Å². The Morgan fingerprint density at radius 3 is 2.80 bits per heavy atom. The van der Waals surface area contributed by atoms with Gasteiger partial charge in [-0.05, 0) is 17.7 Å². The Hall–Kier alpha value is -2.20. The van der Waals surface area contributed by atoms with Crippen LogP contribution < -0.4 is 10.1 Å². The second-order valence-electron chi connectivity index (χ2n) is 5.00. The second-order valence-corrected chi connectivity index (χ2v) is 5.00. The molecule has 4 nitrogen and oxygen atoms in total. The predicted octanol–water partition coefficient (Wildman–Crippen LogP) is 2.19. The first-order valence-corrected chi connectivity index (χ1v) is 6.68. The zero-order valence-corrected chi connectivity index (χ0v) is 11.0. The summed E-state index contributed by atoms with van der Waals surface area (Å²) in [6.07, 6.45) is 1.04.